The molecular formula is C14H18NO3S. The predicted molar refractivity (Wildman–Crippen MR) is 76.9 cm³/mol. The smallest absolute Gasteiger partial charge is 0.321 e. The molecule has 0 aliphatic heterocycles. The van der Waals surface area contributed by atoms with Crippen LogP contribution in [0.5, 0.6) is 0 Å². The fraction of sp³-hybridized carbons (Fsp3) is 0.357. The van der Waals surface area contributed by atoms with Crippen molar-refractivity contribution in [2.45, 2.75) is 25.1 Å². The summed E-state index contributed by atoms with van der Waals surface area (Å²) in [4.78, 5) is 22.6. The first kappa shape index (κ1) is 15.6. The third kappa shape index (κ3) is 5.79. The molecule has 1 radical (unpaired) electrons. The number of thioether (sulfide) groups is 1. The number of benzene rings is 1. The number of hydrogen-bond acceptors (Lipinski definition) is 3. The molecule has 1 rings (SSSR count). The number of aliphatic carboxylic acids is 1. The zero-order valence-corrected chi connectivity index (χ0v) is 11.8. The number of carboxylic acid groups (broad SMARTS) is 1. The molecule has 1 atom stereocenters. The van der Waals surface area contributed by atoms with Gasteiger partial charge in [-0.15, -0.1) is 11.8 Å². The maximum absolute atomic E-state index is 11.4. The van der Waals surface area contributed by atoms with Crippen molar-refractivity contribution < 1.29 is 14.7 Å². The molecule has 0 heterocycles. The molecule has 1 aromatic carbocycles. The highest BCUT2D eigenvalue weighted by molar-refractivity contribution is 8.00. The summed E-state index contributed by atoms with van der Waals surface area (Å²) >= 11 is 1.22. The molecule has 5 heteroatoms. The van der Waals surface area contributed by atoms with Crippen LogP contribution in [-0.2, 0) is 9.59 Å². The molecule has 0 fully saturated rings. The van der Waals surface area contributed by atoms with Gasteiger partial charge in [0.25, 0.3) is 0 Å². The van der Waals surface area contributed by atoms with Crippen LogP contribution < -0.4 is 5.32 Å². The second-order valence-electron chi connectivity index (χ2n) is 4.33. The van der Waals surface area contributed by atoms with Crippen molar-refractivity contribution in [3.05, 3.63) is 42.3 Å². The van der Waals surface area contributed by atoms with Crippen LogP contribution in [0.2, 0.25) is 0 Å². The van der Waals surface area contributed by atoms with Crippen LogP contribution in [0.4, 0.5) is 0 Å². The van der Waals surface area contributed by atoms with Gasteiger partial charge in [0.05, 0.1) is 6.42 Å². The van der Waals surface area contributed by atoms with Crippen LogP contribution in [-0.4, -0.2) is 28.8 Å². The van der Waals surface area contributed by atoms with E-state index in [0.717, 1.165) is 5.56 Å². The van der Waals surface area contributed by atoms with Gasteiger partial charge in [0.2, 0.25) is 5.91 Å². The number of carbonyl (C=O) groups is 2. The molecule has 1 amide bonds. The van der Waals surface area contributed by atoms with Crippen molar-refractivity contribution >= 4 is 23.6 Å². The number of amides is 1. The summed E-state index contributed by atoms with van der Waals surface area (Å²) in [6.45, 7) is 3.76. The zero-order chi connectivity index (χ0) is 14.3. The quantitative estimate of drug-likeness (QED) is 0.804. The van der Waals surface area contributed by atoms with E-state index in [1.165, 1.54) is 18.2 Å². The zero-order valence-electron chi connectivity index (χ0n) is 11.0. The molecule has 0 bridgehead atoms. The van der Waals surface area contributed by atoms with Gasteiger partial charge in [0.1, 0.15) is 5.25 Å². The summed E-state index contributed by atoms with van der Waals surface area (Å²) in [5.41, 5.74) is 0.734. The van der Waals surface area contributed by atoms with Crippen molar-refractivity contribution in [3.63, 3.8) is 0 Å². The van der Waals surface area contributed by atoms with Gasteiger partial charge >= 0.3 is 5.97 Å². The highest BCUT2D eigenvalue weighted by Gasteiger charge is 2.20. The lowest BCUT2D eigenvalue weighted by Gasteiger charge is -2.12. The third-order valence-electron chi connectivity index (χ3n) is 2.29. The van der Waals surface area contributed by atoms with Gasteiger partial charge in [0, 0.05) is 11.8 Å². The molecule has 103 valence electrons. The minimum absolute atomic E-state index is 0.0816. The van der Waals surface area contributed by atoms with E-state index in [4.69, 9.17) is 0 Å². The molecule has 0 aromatic heterocycles. The SMILES string of the molecule is CC(C)NC(=O)[CH]CSC(C(=O)O)c1ccccc1. The van der Waals surface area contributed by atoms with E-state index in [1.54, 1.807) is 24.3 Å². The van der Waals surface area contributed by atoms with Crippen molar-refractivity contribution in [1.82, 2.24) is 5.32 Å². The van der Waals surface area contributed by atoms with E-state index in [-0.39, 0.29) is 11.9 Å². The molecule has 4 nitrogen and oxygen atoms in total. The molecule has 0 saturated heterocycles. The van der Waals surface area contributed by atoms with Gasteiger partial charge in [-0.1, -0.05) is 30.3 Å². The van der Waals surface area contributed by atoms with Gasteiger partial charge in [0.15, 0.2) is 0 Å². The van der Waals surface area contributed by atoms with Crippen LogP contribution >= 0.6 is 11.8 Å². The maximum Gasteiger partial charge on any atom is 0.321 e. The van der Waals surface area contributed by atoms with Gasteiger partial charge in [-0.2, -0.15) is 0 Å². The van der Waals surface area contributed by atoms with E-state index in [1.807, 2.05) is 19.9 Å². The Labute approximate surface area is 117 Å². The monoisotopic (exact) mass is 280 g/mol. The normalized spacial score (nSPS) is 12.2. The minimum Gasteiger partial charge on any atom is -0.480 e. The van der Waals surface area contributed by atoms with Crippen LogP contribution in [0.25, 0.3) is 0 Å². The first-order valence-corrected chi connectivity index (χ1v) is 7.08. The Morgan fingerprint density at radius 2 is 1.95 bits per heavy atom. The first-order chi connectivity index (χ1) is 9.00. The molecule has 19 heavy (non-hydrogen) atoms. The molecule has 0 spiro atoms. The molecule has 1 aromatic rings. The highest BCUT2D eigenvalue weighted by atomic mass is 32.2. The largest absolute Gasteiger partial charge is 0.480 e. The Kier molecular flexibility index (Phi) is 6.42. The van der Waals surface area contributed by atoms with Gasteiger partial charge in [-0.3, -0.25) is 9.59 Å². The maximum atomic E-state index is 11.4. The average Bonchev–Trinajstić information content (AvgIpc) is 2.34. The van der Waals surface area contributed by atoms with E-state index in [2.05, 4.69) is 5.32 Å². The molecule has 0 saturated carbocycles. The van der Waals surface area contributed by atoms with Gasteiger partial charge in [-0.05, 0) is 19.4 Å². The van der Waals surface area contributed by atoms with Crippen molar-refractivity contribution in [1.29, 1.82) is 0 Å². The second-order valence-corrected chi connectivity index (χ2v) is 5.47. The van der Waals surface area contributed by atoms with Crippen LogP contribution in [0.3, 0.4) is 0 Å². The predicted octanol–water partition coefficient (Wildman–Crippen LogP) is 2.27. The summed E-state index contributed by atoms with van der Waals surface area (Å²) in [6, 6.07) is 9.09. The van der Waals surface area contributed by atoms with Crippen molar-refractivity contribution in [2.24, 2.45) is 0 Å². The van der Waals surface area contributed by atoms with E-state index in [9.17, 15) is 14.7 Å². The van der Waals surface area contributed by atoms with Crippen LogP contribution in [0.15, 0.2) is 30.3 Å². The van der Waals surface area contributed by atoms with Gasteiger partial charge in [-0.25, -0.2) is 0 Å². The number of hydrogen-bond donors (Lipinski definition) is 2. The number of nitrogens with one attached hydrogen (secondary N) is 1. The summed E-state index contributed by atoms with van der Waals surface area (Å²) in [7, 11) is 0. The Morgan fingerprint density at radius 1 is 1.32 bits per heavy atom. The van der Waals surface area contributed by atoms with Crippen LogP contribution in [0.1, 0.15) is 24.7 Å². The standard InChI is InChI=1S/C14H18NO3S/c1-10(2)15-12(16)8-9-19-13(14(17)18)11-6-4-3-5-7-11/h3-8,10,13H,9H2,1-2H3,(H,15,16)(H,17,18). The molecule has 0 aliphatic carbocycles. The molecular weight excluding hydrogens is 262 g/mol. The second kappa shape index (κ2) is 7.84. The Balaban J connectivity index is 2.48. The van der Waals surface area contributed by atoms with E-state index < -0.39 is 11.2 Å². The summed E-state index contributed by atoms with van der Waals surface area (Å²) in [5.74, 6) is -0.696. The first-order valence-electron chi connectivity index (χ1n) is 6.03. The lowest BCUT2D eigenvalue weighted by molar-refractivity contribution is -0.136. The van der Waals surface area contributed by atoms with Gasteiger partial charge < -0.3 is 10.4 Å². The average molecular weight is 280 g/mol. The number of carbonyl (C=O) groups excluding carboxylic acids is 1. The Bertz CT molecular complexity index is 420. The fourth-order valence-corrected chi connectivity index (χ4v) is 2.43. The summed E-state index contributed by atoms with van der Waals surface area (Å²) in [5, 5.41) is 11.3. The summed E-state index contributed by atoms with van der Waals surface area (Å²) in [6.07, 6.45) is 1.48. The van der Waals surface area contributed by atoms with Crippen molar-refractivity contribution in [3.8, 4) is 0 Å². The fourth-order valence-electron chi connectivity index (χ4n) is 1.50. The topological polar surface area (TPSA) is 66.4 Å². The summed E-state index contributed by atoms with van der Waals surface area (Å²) < 4.78 is 0. The Morgan fingerprint density at radius 3 is 2.47 bits per heavy atom. The third-order valence-corrected chi connectivity index (χ3v) is 3.46. The highest BCUT2D eigenvalue weighted by Crippen LogP contribution is 2.29. The lowest BCUT2D eigenvalue weighted by Crippen LogP contribution is -2.30. The number of rotatable bonds is 7. The van der Waals surface area contributed by atoms with Crippen molar-refractivity contribution in [2.75, 3.05) is 5.75 Å². The Hall–Kier alpha value is -1.49. The molecule has 0 aliphatic rings. The van der Waals surface area contributed by atoms with Crippen LogP contribution in [0, 0.1) is 6.42 Å². The minimum atomic E-state index is -0.895. The van der Waals surface area contributed by atoms with E-state index >= 15 is 0 Å². The van der Waals surface area contributed by atoms with E-state index in [0.29, 0.717) is 5.75 Å². The lowest BCUT2D eigenvalue weighted by atomic mass is 10.1. The number of carboxylic acids is 1. The molecule has 2 N–H and O–H groups in total. The molecule has 1 unspecified atom stereocenters.